The maximum Gasteiger partial charge on any atom is 0.410 e. The number of hydrogen-bond donors (Lipinski definition) is 0. The van der Waals surface area contributed by atoms with Crippen LogP contribution < -0.4 is 0 Å². The van der Waals surface area contributed by atoms with E-state index in [2.05, 4.69) is 0 Å². The first-order chi connectivity index (χ1) is 9.96. The molecule has 1 aromatic carbocycles. The van der Waals surface area contributed by atoms with E-state index in [1.54, 1.807) is 0 Å². The van der Waals surface area contributed by atoms with Gasteiger partial charge in [-0.3, -0.25) is 4.18 Å². The van der Waals surface area contributed by atoms with Crippen LogP contribution in [0.3, 0.4) is 0 Å². The standard InChI is InChI=1S/C14H19NO5S/c1-21(17,18)20-11-13-8-5-9-15(13)14(16)19-10-12-6-3-2-4-7-12/h2-4,6-7,13H,5,8-11H2,1H3. The lowest BCUT2D eigenvalue weighted by atomic mass is 10.2. The van der Waals surface area contributed by atoms with E-state index < -0.39 is 16.2 Å². The van der Waals surface area contributed by atoms with Crippen molar-refractivity contribution >= 4 is 16.2 Å². The first kappa shape index (κ1) is 15.8. The highest BCUT2D eigenvalue weighted by atomic mass is 32.2. The molecular weight excluding hydrogens is 294 g/mol. The highest BCUT2D eigenvalue weighted by Crippen LogP contribution is 2.19. The van der Waals surface area contributed by atoms with Gasteiger partial charge in [-0.05, 0) is 18.4 Å². The third-order valence-electron chi connectivity index (χ3n) is 3.29. The highest BCUT2D eigenvalue weighted by molar-refractivity contribution is 7.85. The second kappa shape index (κ2) is 6.91. The first-order valence-corrected chi connectivity index (χ1v) is 8.59. The Balaban J connectivity index is 1.86. The van der Waals surface area contributed by atoms with Crippen LogP contribution in [-0.4, -0.2) is 44.9 Å². The van der Waals surface area contributed by atoms with Crippen LogP contribution in [0.4, 0.5) is 4.79 Å². The van der Waals surface area contributed by atoms with Crippen molar-refractivity contribution in [2.75, 3.05) is 19.4 Å². The smallest absolute Gasteiger partial charge is 0.410 e. The normalized spacial score (nSPS) is 18.7. The first-order valence-electron chi connectivity index (χ1n) is 6.77. The number of hydrogen-bond acceptors (Lipinski definition) is 5. The molecule has 1 aromatic rings. The van der Waals surface area contributed by atoms with Crippen LogP contribution in [0.25, 0.3) is 0 Å². The molecule has 0 N–H and O–H groups in total. The van der Waals surface area contributed by atoms with Crippen molar-refractivity contribution in [1.82, 2.24) is 4.90 Å². The fraction of sp³-hybridized carbons (Fsp3) is 0.500. The second-order valence-electron chi connectivity index (χ2n) is 5.02. The van der Waals surface area contributed by atoms with Crippen LogP contribution in [0.1, 0.15) is 18.4 Å². The lowest BCUT2D eigenvalue weighted by Crippen LogP contribution is -2.39. The Bertz CT molecular complexity index is 572. The van der Waals surface area contributed by atoms with Crippen molar-refractivity contribution in [2.45, 2.75) is 25.5 Å². The minimum atomic E-state index is -3.49. The van der Waals surface area contributed by atoms with E-state index in [1.807, 2.05) is 30.3 Å². The molecule has 6 nitrogen and oxygen atoms in total. The van der Waals surface area contributed by atoms with Crippen molar-refractivity contribution < 1.29 is 22.1 Å². The van der Waals surface area contributed by atoms with Gasteiger partial charge in [0.05, 0.1) is 18.9 Å². The molecule has 116 valence electrons. The lowest BCUT2D eigenvalue weighted by Gasteiger charge is -2.23. The van der Waals surface area contributed by atoms with Crippen LogP contribution in [-0.2, 0) is 25.6 Å². The summed E-state index contributed by atoms with van der Waals surface area (Å²) in [5, 5.41) is 0. The van der Waals surface area contributed by atoms with E-state index in [1.165, 1.54) is 4.90 Å². The van der Waals surface area contributed by atoms with Crippen LogP contribution in [0.2, 0.25) is 0 Å². The number of carbonyl (C=O) groups excluding carboxylic acids is 1. The van der Waals surface area contributed by atoms with Crippen LogP contribution in [0, 0.1) is 0 Å². The molecule has 0 spiro atoms. The van der Waals surface area contributed by atoms with Gasteiger partial charge in [-0.2, -0.15) is 8.42 Å². The predicted molar refractivity (Wildman–Crippen MR) is 77.2 cm³/mol. The number of rotatable bonds is 5. The molecule has 1 aliphatic rings. The third kappa shape index (κ3) is 5.02. The van der Waals surface area contributed by atoms with Gasteiger partial charge < -0.3 is 9.64 Å². The Hall–Kier alpha value is -1.60. The van der Waals surface area contributed by atoms with Gasteiger partial charge in [0.2, 0.25) is 0 Å². The number of benzene rings is 1. The Kier molecular flexibility index (Phi) is 5.19. The van der Waals surface area contributed by atoms with Crippen LogP contribution in [0.5, 0.6) is 0 Å². The van der Waals surface area contributed by atoms with Gasteiger partial charge in [-0.15, -0.1) is 0 Å². The van der Waals surface area contributed by atoms with Gasteiger partial charge in [0.25, 0.3) is 10.1 Å². The summed E-state index contributed by atoms with van der Waals surface area (Å²) >= 11 is 0. The number of ether oxygens (including phenoxy) is 1. The quantitative estimate of drug-likeness (QED) is 0.775. The molecule has 0 aromatic heterocycles. The fourth-order valence-corrected chi connectivity index (χ4v) is 2.66. The van der Waals surface area contributed by atoms with E-state index >= 15 is 0 Å². The summed E-state index contributed by atoms with van der Waals surface area (Å²) in [6.07, 6.45) is 2.10. The molecule has 1 unspecified atom stereocenters. The summed E-state index contributed by atoms with van der Waals surface area (Å²) in [6.45, 7) is 0.751. The molecule has 0 aliphatic carbocycles. The van der Waals surface area contributed by atoms with Crippen molar-refractivity contribution in [3.05, 3.63) is 35.9 Å². The molecule has 1 atom stereocenters. The van der Waals surface area contributed by atoms with Gasteiger partial charge in [0, 0.05) is 6.54 Å². The van der Waals surface area contributed by atoms with Crippen molar-refractivity contribution in [2.24, 2.45) is 0 Å². The van der Waals surface area contributed by atoms with Gasteiger partial charge in [0.1, 0.15) is 6.61 Å². The van der Waals surface area contributed by atoms with E-state index in [-0.39, 0.29) is 19.3 Å². The van der Waals surface area contributed by atoms with E-state index in [0.717, 1.165) is 24.7 Å². The van der Waals surface area contributed by atoms with Crippen LogP contribution in [0.15, 0.2) is 30.3 Å². The molecule has 0 radical (unpaired) electrons. The van der Waals surface area contributed by atoms with Crippen molar-refractivity contribution in [3.8, 4) is 0 Å². The number of carbonyl (C=O) groups is 1. The average Bonchev–Trinajstić information content (AvgIpc) is 2.91. The Morgan fingerprint density at radius 3 is 2.71 bits per heavy atom. The minimum Gasteiger partial charge on any atom is -0.445 e. The zero-order valence-electron chi connectivity index (χ0n) is 11.9. The molecule has 1 heterocycles. The monoisotopic (exact) mass is 313 g/mol. The highest BCUT2D eigenvalue weighted by Gasteiger charge is 2.30. The van der Waals surface area contributed by atoms with Crippen LogP contribution >= 0.6 is 0 Å². The second-order valence-corrected chi connectivity index (χ2v) is 6.66. The Morgan fingerprint density at radius 2 is 2.05 bits per heavy atom. The van der Waals surface area contributed by atoms with Gasteiger partial charge >= 0.3 is 6.09 Å². The van der Waals surface area contributed by atoms with Crippen molar-refractivity contribution in [3.63, 3.8) is 0 Å². The molecule has 0 saturated carbocycles. The van der Waals surface area contributed by atoms with E-state index in [4.69, 9.17) is 8.92 Å². The largest absolute Gasteiger partial charge is 0.445 e. The molecule has 2 rings (SSSR count). The Labute approximate surface area is 124 Å². The summed E-state index contributed by atoms with van der Waals surface area (Å²) < 4.78 is 32.1. The molecule has 1 saturated heterocycles. The molecular formula is C14H19NO5S. The molecule has 1 amide bonds. The number of likely N-dealkylation sites (tertiary alicyclic amines) is 1. The lowest BCUT2D eigenvalue weighted by molar-refractivity contribution is 0.0830. The maximum absolute atomic E-state index is 12.1. The summed E-state index contributed by atoms with van der Waals surface area (Å²) in [5.41, 5.74) is 0.911. The SMILES string of the molecule is CS(=O)(=O)OCC1CCCN1C(=O)OCc1ccccc1. The summed E-state index contributed by atoms with van der Waals surface area (Å²) in [5.74, 6) is 0. The Morgan fingerprint density at radius 1 is 1.33 bits per heavy atom. The molecule has 1 aliphatic heterocycles. The minimum absolute atomic E-state index is 0.0146. The number of amides is 1. The summed E-state index contributed by atoms with van der Waals surface area (Å²) in [4.78, 5) is 13.6. The zero-order chi connectivity index (χ0) is 15.3. The third-order valence-corrected chi connectivity index (χ3v) is 3.86. The maximum atomic E-state index is 12.1. The van der Waals surface area contributed by atoms with E-state index in [0.29, 0.717) is 6.54 Å². The molecule has 7 heteroatoms. The fourth-order valence-electron chi connectivity index (χ4n) is 2.25. The molecule has 1 fully saturated rings. The predicted octanol–water partition coefficient (Wildman–Crippen LogP) is 1.76. The summed E-state index contributed by atoms with van der Waals surface area (Å²) in [6, 6.07) is 9.15. The molecule has 0 bridgehead atoms. The summed E-state index contributed by atoms with van der Waals surface area (Å²) in [7, 11) is -3.49. The van der Waals surface area contributed by atoms with Crippen molar-refractivity contribution in [1.29, 1.82) is 0 Å². The van der Waals surface area contributed by atoms with E-state index in [9.17, 15) is 13.2 Å². The number of nitrogens with zero attached hydrogens (tertiary/aromatic N) is 1. The zero-order valence-corrected chi connectivity index (χ0v) is 12.7. The van der Waals surface area contributed by atoms with Gasteiger partial charge in [-0.25, -0.2) is 4.79 Å². The van der Waals surface area contributed by atoms with Gasteiger partial charge in [0.15, 0.2) is 0 Å². The topological polar surface area (TPSA) is 72.9 Å². The average molecular weight is 313 g/mol. The molecule has 21 heavy (non-hydrogen) atoms. The van der Waals surface area contributed by atoms with Gasteiger partial charge in [-0.1, -0.05) is 30.3 Å².